The molecule has 8 heteroatoms. The van der Waals surface area contributed by atoms with Gasteiger partial charge in [0, 0.05) is 46.4 Å². The molecular weight excluding hydrogens is 460 g/mol. The molecule has 1 aromatic carbocycles. The van der Waals surface area contributed by atoms with E-state index in [0.717, 1.165) is 35.9 Å². The fourth-order valence-corrected chi connectivity index (χ4v) is 5.93. The minimum absolute atomic E-state index is 0.00225. The first kappa shape index (κ1) is 22.9. The van der Waals surface area contributed by atoms with Crippen LogP contribution in [0, 0.1) is 11.6 Å². The minimum atomic E-state index is -1.04. The Morgan fingerprint density at radius 2 is 2.12 bits per heavy atom. The van der Waals surface area contributed by atoms with Crippen LogP contribution in [0.5, 0.6) is 0 Å². The zero-order chi connectivity index (χ0) is 23.8. The number of Topliss-reactive ketones (excluding diaryl/α,β-unsaturated/α-hetero) is 1. The Hall–Kier alpha value is -2.84. The lowest BCUT2D eigenvalue weighted by atomic mass is 9.72. The normalized spacial score (nSPS) is 24.8. The molecule has 0 radical (unpaired) electrons. The highest BCUT2D eigenvalue weighted by Gasteiger charge is 2.42. The highest BCUT2D eigenvalue weighted by atomic mass is 32.1. The van der Waals surface area contributed by atoms with E-state index in [0.29, 0.717) is 30.0 Å². The van der Waals surface area contributed by atoms with Gasteiger partial charge in [0.05, 0.1) is 17.6 Å². The van der Waals surface area contributed by atoms with E-state index in [1.54, 1.807) is 18.3 Å². The highest BCUT2D eigenvalue weighted by molar-refractivity contribution is 7.10. The van der Waals surface area contributed by atoms with Crippen molar-refractivity contribution in [1.82, 2.24) is 5.32 Å². The lowest BCUT2D eigenvalue weighted by molar-refractivity contribution is -0.142. The van der Waals surface area contributed by atoms with Crippen molar-refractivity contribution in [3.8, 4) is 0 Å². The van der Waals surface area contributed by atoms with Crippen LogP contribution in [0.25, 0.3) is 0 Å². The number of hydrogen-bond donors (Lipinski definition) is 1. The number of dihydropyridines is 1. The highest BCUT2D eigenvalue weighted by Crippen LogP contribution is 2.46. The van der Waals surface area contributed by atoms with E-state index in [2.05, 4.69) is 5.32 Å². The van der Waals surface area contributed by atoms with Crippen molar-refractivity contribution in [3.63, 3.8) is 0 Å². The number of nitrogens with one attached hydrogen (secondary N) is 1. The van der Waals surface area contributed by atoms with Gasteiger partial charge in [0.2, 0.25) is 0 Å². The van der Waals surface area contributed by atoms with E-state index >= 15 is 4.39 Å². The molecule has 1 aliphatic carbocycles. The van der Waals surface area contributed by atoms with Crippen molar-refractivity contribution in [3.05, 3.63) is 80.3 Å². The quantitative estimate of drug-likeness (QED) is 0.597. The number of carbonyl (C=O) groups is 2. The molecule has 3 atom stereocenters. The number of ether oxygens (including phenoxy) is 2. The van der Waals surface area contributed by atoms with E-state index in [1.165, 1.54) is 0 Å². The van der Waals surface area contributed by atoms with Gasteiger partial charge in [-0.05, 0) is 55.8 Å². The minimum Gasteiger partial charge on any atom is -0.459 e. The Kier molecular flexibility index (Phi) is 6.36. The number of benzene rings is 1. The second kappa shape index (κ2) is 9.43. The van der Waals surface area contributed by atoms with Gasteiger partial charge in [-0.1, -0.05) is 6.07 Å². The number of allylic oxidation sites excluding steroid dienone is 3. The molecule has 0 amide bonds. The summed E-state index contributed by atoms with van der Waals surface area (Å²) < 4.78 is 40.3. The Morgan fingerprint density at radius 1 is 1.26 bits per heavy atom. The number of halogens is 2. The summed E-state index contributed by atoms with van der Waals surface area (Å²) in [6.45, 7) is 2.41. The topological polar surface area (TPSA) is 64.6 Å². The molecule has 2 aromatic rings. The number of rotatable bonds is 5. The smallest absolute Gasteiger partial charge is 0.336 e. The number of hydrogen-bond acceptors (Lipinski definition) is 6. The molecule has 5 nitrogen and oxygen atoms in total. The molecule has 3 heterocycles. The second-order valence-electron chi connectivity index (χ2n) is 8.93. The molecule has 2 aliphatic heterocycles. The Balaban J connectivity index is 1.54. The molecular formula is C26H25F2NO4S. The van der Waals surface area contributed by atoms with Crippen molar-refractivity contribution in [1.29, 1.82) is 0 Å². The third-order valence-electron chi connectivity index (χ3n) is 6.69. The second-order valence-corrected chi connectivity index (χ2v) is 9.91. The van der Waals surface area contributed by atoms with Crippen LogP contribution < -0.4 is 5.32 Å². The van der Waals surface area contributed by atoms with Gasteiger partial charge in [0.25, 0.3) is 0 Å². The number of carbonyl (C=O) groups excluding carboxylic acids is 2. The average molecular weight is 486 g/mol. The molecule has 1 saturated heterocycles. The van der Waals surface area contributed by atoms with Gasteiger partial charge >= 0.3 is 5.97 Å². The van der Waals surface area contributed by atoms with E-state index in [4.69, 9.17) is 9.47 Å². The lowest BCUT2D eigenvalue weighted by Crippen LogP contribution is -2.36. The average Bonchev–Trinajstić information content (AvgIpc) is 3.52. The maximum atomic E-state index is 15.0. The van der Waals surface area contributed by atoms with E-state index in [1.807, 2.05) is 17.5 Å². The van der Waals surface area contributed by atoms with E-state index in [-0.39, 0.29) is 42.0 Å². The first-order chi connectivity index (χ1) is 16.4. The van der Waals surface area contributed by atoms with Crippen LogP contribution in [-0.2, 0) is 19.1 Å². The molecule has 1 N–H and O–H groups in total. The van der Waals surface area contributed by atoms with Crippen LogP contribution in [0.4, 0.5) is 8.78 Å². The van der Waals surface area contributed by atoms with E-state index < -0.39 is 23.5 Å². The summed E-state index contributed by atoms with van der Waals surface area (Å²) in [4.78, 5) is 27.8. The monoisotopic (exact) mass is 485 g/mol. The number of thiophene rings is 1. The summed E-state index contributed by atoms with van der Waals surface area (Å²) >= 11 is 1.59. The largest absolute Gasteiger partial charge is 0.459 e. The van der Waals surface area contributed by atoms with Crippen LogP contribution in [0.2, 0.25) is 0 Å². The molecule has 0 saturated carbocycles. The van der Waals surface area contributed by atoms with Crippen LogP contribution in [0.3, 0.4) is 0 Å². The molecule has 5 rings (SSSR count). The number of ketones is 1. The summed E-state index contributed by atoms with van der Waals surface area (Å²) in [5.41, 5.74) is 1.53. The predicted octanol–water partition coefficient (Wildman–Crippen LogP) is 5.11. The molecule has 34 heavy (non-hydrogen) atoms. The Morgan fingerprint density at radius 3 is 2.85 bits per heavy atom. The van der Waals surface area contributed by atoms with Gasteiger partial charge < -0.3 is 14.8 Å². The number of esters is 1. The summed E-state index contributed by atoms with van der Waals surface area (Å²) in [5, 5.41) is 5.20. The van der Waals surface area contributed by atoms with Crippen LogP contribution >= 0.6 is 11.3 Å². The van der Waals surface area contributed by atoms with Gasteiger partial charge in [0.15, 0.2) is 5.78 Å². The van der Waals surface area contributed by atoms with Crippen LogP contribution in [-0.4, -0.2) is 31.1 Å². The van der Waals surface area contributed by atoms with Gasteiger partial charge in [-0.2, -0.15) is 0 Å². The van der Waals surface area contributed by atoms with E-state index in [9.17, 15) is 14.0 Å². The van der Waals surface area contributed by atoms with Crippen molar-refractivity contribution < 1.29 is 27.8 Å². The lowest BCUT2D eigenvalue weighted by Gasteiger charge is -2.36. The summed E-state index contributed by atoms with van der Waals surface area (Å²) in [6, 6.07) is 7.06. The van der Waals surface area contributed by atoms with Gasteiger partial charge in [-0.25, -0.2) is 13.6 Å². The predicted molar refractivity (Wildman–Crippen MR) is 123 cm³/mol. The third-order valence-corrected chi connectivity index (χ3v) is 7.72. The SMILES string of the molecule is CC1=C(C(=O)OC[C@@H]2CCCO2)[C@@H](c2cc(F)ccc2F)C2=C(C[C@H](c3cccs3)CC2=O)N1. The maximum absolute atomic E-state index is 15.0. The molecule has 1 fully saturated rings. The summed E-state index contributed by atoms with van der Waals surface area (Å²) in [7, 11) is 0. The molecule has 178 valence electrons. The first-order valence-electron chi connectivity index (χ1n) is 11.4. The molecule has 0 unspecified atom stereocenters. The zero-order valence-electron chi connectivity index (χ0n) is 18.7. The Bertz CT molecular complexity index is 1180. The maximum Gasteiger partial charge on any atom is 0.336 e. The van der Waals surface area contributed by atoms with Gasteiger partial charge in [-0.15, -0.1) is 11.3 Å². The molecule has 3 aliphatic rings. The van der Waals surface area contributed by atoms with Crippen molar-refractivity contribution >= 4 is 23.1 Å². The molecule has 0 bridgehead atoms. The fourth-order valence-electron chi connectivity index (χ4n) is 5.10. The summed E-state index contributed by atoms with van der Waals surface area (Å²) in [6.07, 6.45) is 2.31. The third kappa shape index (κ3) is 4.32. The van der Waals surface area contributed by atoms with Crippen LogP contribution in [0.1, 0.15) is 54.9 Å². The first-order valence-corrected chi connectivity index (χ1v) is 12.3. The van der Waals surface area contributed by atoms with Crippen molar-refractivity contribution in [2.75, 3.05) is 13.2 Å². The van der Waals surface area contributed by atoms with Crippen molar-refractivity contribution in [2.45, 2.75) is 50.5 Å². The Labute approximate surface area is 200 Å². The van der Waals surface area contributed by atoms with Crippen LogP contribution in [0.15, 0.2) is 58.3 Å². The molecule has 1 aromatic heterocycles. The standard InChI is InChI=1S/C26H25F2NO4S/c1-14-23(26(31)33-13-17-4-2-8-32-17)24(18-12-16(27)6-7-19(18)28)25-20(29-14)10-15(11-21(25)30)22-5-3-9-34-22/h3,5-7,9,12,15,17,24,29H,2,4,8,10-11,13H2,1H3/t15-,17-,24+/m0/s1. The van der Waals surface area contributed by atoms with Gasteiger partial charge in [0.1, 0.15) is 18.2 Å². The molecule has 0 spiro atoms. The summed E-state index contributed by atoms with van der Waals surface area (Å²) in [5.74, 6) is -3.20. The zero-order valence-corrected chi connectivity index (χ0v) is 19.6. The van der Waals surface area contributed by atoms with Crippen molar-refractivity contribution in [2.24, 2.45) is 0 Å². The fraction of sp³-hybridized carbons (Fsp3) is 0.385. The van der Waals surface area contributed by atoms with Gasteiger partial charge in [-0.3, -0.25) is 4.79 Å².